The monoisotopic (exact) mass is 270 g/mol. The lowest BCUT2D eigenvalue weighted by Gasteiger charge is -2.23. The smallest absolute Gasteiger partial charge is 0.305 e. The van der Waals surface area contributed by atoms with Gasteiger partial charge in [-0.25, -0.2) is 0 Å². The minimum Gasteiger partial charge on any atom is -0.466 e. The second-order valence-corrected chi connectivity index (χ2v) is 4.94. The number of nitrogens with one attached hydrogen (secondary N) is 2. The van der Waals surface area contributed by atoms with Crippen molar-refractivity contribution in [1.29, 1.82) is 0 Å². The highest BCUT2D eigenvalue weighted by Gasteiger charge is 2.13. The number of amides is 1. The Balaban J connectivity index is 1.97. The normalized spacial score (nSPS) is 18.9. The van der Waals surface area contributed by atoms with Crippen LogP contribution in [-0.2, 0) is 14.3 Å². The van der Waals surface area contributed by atoms with Gasteiger partial charge in [0.15, 0.2) is 0 Å². The van der Waals surface area contributed by atoms with Crippen LogP contribution in [0.15, 0.2) is 0 Å². The molecule has 1 atom stereocenters. The molecule has 5 nitrogen and oxygen atoms in total. The number of carbonyl (C=O) groups excluding carboxylic acids is 2. The van der Waals surface area contributed by atoms with E-state index in [1.807, 2.05) is 0 Å². The highest BCUT2D eigenvalue weighted by atomic mass is 16.5. The Labute approximate surface area is 115 Å². The summed E-state index contributed by atoms with van der Waals surface area (Å²) in [5, 5.41) is 6.27. The molecule has 19 heavy (non-hydrogen) atoms. The van der Waals surface area contributed by atoms with Gasteiger partial charge >= 0.3 is 5.97 Å². The Morgan fingerprint density at radius 2 is 2.16 bits per heavy atom. The first-order valence-corrected chi connectivity index (χ1v) is 7.38. The van der Waals surface area contributed by atoms with E-state index in [9.17, 15) is 9.59 Å². The molecule has 1 aliphatic heterocycles. The number of esters is 1. The average Bonchev–Trinajstić information content (AvgIpc) is 2.43. The Hall–Kier alpha value is -1.10. The van der Waals surface area contributed by atoms with Crippen LogP contribution in [0.1, 0.15) is 51.9 Å². The van der Waals surface area contributed by atoms with Crippen LogP contribution in [-0.4, -0.2) is 37.6 Å². The maximum Gasteiger partial charge on any atom is 0.305 e. The van der Waals surface area contributed by atoms with E-state index in [4.69, 9.17) is 4.74 Å². The summed E-state index contributed by atoms with van der Waals surface area (Å²) in [7, 11) is 0. The minimum absolute atomic E-state index is 0.0798. The first kappa shape index (κ1) is 16.0. The zero-order chi connectivity index (χ0) is 13.9. The number of hydrogen-bond donors (Lipinski definition) is 2. The van der Waals surface area contributed by atoms with Crippen LogP contribution in [0.2, 0.25) is 0 Å². The fraction of sp³-hybridized carbons (Fsp3) is 0.857. The summed E-state index contributed by atoms with van der Waals surface area (Å²) >= 11 is 0. The van der Waals surface area contributed by atoms with Crippen molar-refractivity contribution >= 4 is 11.9 Å². The lowest BCUT2D eigenvalue weighted by Crippen LogP contribution is -2.35. The van der Waals surface area contributed by atoms with Crippen molar-refractivity contribution in [3.63, 3.8) is 0 Å². The molecule has 0 aliphatic carbocycles. The van der Waals surface area contributed by atoms with E-state index in [0.717, 1.165) is 13.0 Å². The Morgan fingerprint density at radius 1 is 1.32 bits per heavy atom. The molecule has 2 N–H and O–H groups in total. The molecule has 1 aliphatic rings. The Morgan fingerprint density at radius 3 is 2.84 bits per heavy atom. The first-order valence-electron chi connectivity index (χ1n) is 7.38. The number of carbonyl (C=O) groups is 2. The van der Waals surface area contributed by atoms with E-state index >= 15 is 0 Å². The molecule has 0 radical (unpaired) electrons. The van der Waals surface area contributed by atoms with Crippen molar-refractivity contribution in [2.75, 3.05) is 19.7 Å². The minimum atomic E-state index is -0.192. The largest absolute Gasteiger partial charge is 0.466 e. The molecular formula is C14H26N2O3. The van der Waals surface area contributed by atoms with Crippen LogP contribution < -0.4 is 10.6 Å². The van der Waals surface area contributed by atoms with E-state index in [1.165, 1.54) is 19.3 Å². The summed E-state index contributed by atoms with van der Waals surface area (Å²) in [5.74, 6) is -0.112. The van der Waals surface area contributed by atoms with Crippen LogP contribution in [0.5, 0.6) is 0 Å². The second kappa shape index (κ2) is 9.78. The zero-order valence-electron chi connectivity index (χ0n) is 11.9. The van der Waals surface area contributed by atoms with Gasteiger partial charge in [0, 0.05) is 25.4 Å². The second-order valence-electron chi connectivity index (χ2n) is 4.94. The lowest BCUT2D eigenvalue weighted by molar-refractivity contribution is -0.143. The van der Waals surface area contributed by atoms with Crippen molar-refractivity contribution in [1.82, 2.24) is 10.6 Å². The van der Waals surface area contributed by atoms with Crippen LogP contribution in [0.4, 0.5) is 0 Å². The molecule has 0 bridgehead atoms. The third-order valence-corrected chi connectivity index (χ3v) is 3.32. The molecule has 0 aromatic rings. The molecular weight excluding hydrogens is 244 g/mol. The summed E-state index contributed by atoms with van der Waals surface area (Å²) in [6, 6.07) is 0.499. The van der Waals surface area contributed by atoms with E-state index < -0.39 is 0 Å². The van der Waals surface area contributed by atoms with Crippen LogP contribution in [0, 0.1) is 0 Å². The molecule has 0 saturated carbocycles. The van der Waals surface area contributed by atoms with Gasteiger partial charge in [0.2, 0.25) is 5.91 Å². The summed E-state index contributed by atoms with van der Waals surface area (Å²) in [5.41, 5.74) is 0. The fourth-order valence-corrected chi connectivity index (χ4v) is 2.26. The molecule has 1 heterocycles. The van der Waals surface area contributed by atoms with E-state index in [0.29, 0.717) is 38.5 Å². The summed E-state index contributed by atoms with van der Waals surface area (Å²) in [6.07, 6.45) is 6.18. The van der Waals surface area contributed by atoms with Gasteiger partial charge in [-0.2, -0.15) is 0 Å². The molecule has 0 spiro atoms. The maximum absolute atomic E-state index is 11.6. The molecule has 0 aromatic heterocycles. The average molecular weight is 270 g/mol. The van der Waals surface area contributed by atoms with Gasteiger partial charge in [0.05, 0.1) is 6.61 Å². The molecule has 1 unspecified atom stereocenters. The summed E-state index contributed by atoms with van der Waals surface area (Å²) < 4.78 is 4.82. The lowest BCUT2D eigenvalue weighted by atomic mass is 10.0. The molecule has 1 amide bonds. The number of hydrogen-bond acceptors (Lipinski definition) is 4. The van der Waals surface area contributed by atoms with Crippen LogP contribution in [0.25, 0.3) is 0 Å². The first-order chi connectivity index (χ1) is 9.22. The van der Waals surface area contributed by atoms with Gasteiger partial charge in [-0.1, -0.05) is 6.42 Å². The third kappa shape index (κ3) is 7.82. The molecule has 1 saturated heterocycles. The Kier molecular flexibility index (Phi) is 8.21. The molecule has 5 heteroatoms. The summed E-state index contributed by atoms with van der Waals surface area (Å²) in [4.78, 5) is 22.7. The predicted molar refractivity (Wildman–Crippen MR) is 73.8 cm³/mol. The van der Waals surface area contributed by atoms with Crippen molar-refractivity contribution in [2.45, 2.75) is 57.9 Å². The maximum atomic E-state index is 11.6. The van der Waals surface area contributed by atoms with Gasteiger partial charge in [0.25, 0.3) is 0 Å². The number of piperidine rings is 1. The van der Waals surface area contributed by atoms with Crippen molar-refractivity contribution in [3.8, 4) is 0 Å². The standard InChI is InChI=1S/C14H26N2O3/c1-2-19-14(18)7-5-11-16-13(17)9-8-12-6-3-4-10-15-12/h12,15H,2-11H2,1H3,(H,16,17). The zero-order valence-corrected chi connectivity index (χ0v) is 11.9. The third-order valence-electron chi connectivity index (χ3n) is 3.32. The van der Waals surface area contributed by atoms with E-state index in [2.05, 4.69) is 10.6 Å². The van der Waals surface area contributed by atoms with Crippen molar-refractivity contribution in [2.24, 2.45) is 0 Å². The van der Waals surface area contributed by atoms with Crippen molar-refractivity contribution < 1.29 is 14.3 Å². The highest BCUT2D eigenvalue weighted by Crippen LogP contribution is 2.11. The molecule has 1 fully saturated rings. The molecule has 110 valence electrons. The quantitative estimate of drug-likeness (QED) is 0.516. The topological polar surface area (TPSA) is 67.4 Å². The highest BCUT2D eigenvalue weighted by molar-refractivity contribution is 5.76. The van der Waals surface area contributed by atoms with E-state index in [1.54, 1.807) is 6.92 Å². The van der Waals surface area contributed by atoms with Gasteiger partial charge in [-0.3, -0.25) is 9.59 Å². The van der Waals surface area contributed by atoms with Gasteiger partial charge in [0.1, 0.15) is 0 Å². The predicted octanol–water partition coefficient (Wildman–Crippen LogP) is 1.37. The number of rotatable bonds is 8. The fourth-order valence-electron chi connectivity index (χ4n) is 2.26. The van der Waals surface area contributed by atoms with Crippen molar-refractivity contribution in [3.05, 3.63) is 0 Å². The SMILES string of the molecule is CCOC(=O)CCCNC(=O)CCC1CCCCN1. The number of ether oxygens (including phenoxy) is 1. The van der Waals surface area contributed by atoms with E-state index in [-0.39, 0.29) is 11.9 Å². The summed E-state index contributed by atoms with van der Waals surface area (Å²) in [6.45, 7) is 3.83. The van der Waals surface area contributed by atoms with Crippen LogP contribution >= 0.6 is 0 Å². The van der Waals surface area contributed by atoms with Gasteiger partial charge in [-0.15, -0.1) is 0 Å². The molecule has 1 rings (SSSR count). The van der Waals surface area contributed by atoms with Gasteiger partial charge in [-0.05, 0) is 39.2 Å². The Bertz CT molecular complexity index is 276. The van der Waals surface area contributed by atoms with Gasteiger partial charge < -0.3 is 15.4 Å². The van der Waals surface area contributed by atoms with Crippen LogP contribution in [0.3, 0.4) is 0 Å². The molecule has 0 aromatic carbocycles.